The van der Waals surface area contributed by atoms with Gasteiger partial charge in [0, 0.05) is 40.8 Å². The van der Waals surface area contributed by atoms with Crippen LogP contribution in [0.2, 0.25) is 0 Å². The Bertz CT molecular complexity index is 596. The minimum atomic E-state index is 0.913. The average molecular weight is 289 g/mol. The summed E-state index contributed by atoms with van der Waals surface area (Å²) in [6.07, 6.45) is 3.80. The Morgan fingerprint density at radius 3 is 3.05 bits per heavy atom. The number of nitrogens with one attached hydrogen (secondary N) is 1. The third kappa shape index (κ3) is 3.32. The Morgan fingerprint density at radius 2 is 2.26 bits per heavy atom. The topological polar surface area (TPSA) is 29.9 Å². The molecule has 3 heterocycles. The summed E-state index contributed by atoms with van der Waals surface area (Å²) in [5, 5.41) is 12.0. The summed E-state index contributed by atoms with van der Waals surface area (Å²) < 4.78 is 1.94. The standard InChI is InChI=1S/C14H15N3S2/c1-3-14(18-8-1)12-9-13(19-11-12)10-15-5-7-17-6-2-4-16-17/h1-4,6,8-9,11,15H,5,7,10H2. The van der Waals surface area contributed by atoms with E-state index in [4.69, 9.17) is 0 Å². The maximum absolute atomic E-state index is 4.18. The predicted molar refractivity (Wildman–Crippen MR) is 81.6 cm³/mol. The van der Waals surface area contributed by atoms with Crippen molar-refractivity contribution in [1.29, 1.82) is 0 Å². The van der Waals surface area contributed by atoms with Gasteiger partial charge in [0.15, 0.2) is 0 Å². The van der Waals surface area contributed by atoms with Crippen LogP contribution in [0.4, 0.5) is 0 Å². The fourth-order valence-electron chi connectivity index (χ4n) is 1.88. The molecule has 0 bridgehead atoms. The van der Waals surface area contributed by atoms with Crippen molar-refractivity contribution in [3.05, 3.63) is 52.3 Å². The molecule has 0 atom stereocenters. The molecule has 3 nitrogen and oxygen atoms in total. The van der Waals surface area contributed by atoms with Gasteiger partial charge >= 0.3 is 0 Å². The number of nitrogens with zero attached hydrogens (tertiary/aromatic N) is 2. The zero-order chi connectivity index (χ0) is 12.9. The van der Waals surface area contributed by atoms with Crippen LogP contribution in [0.25, 0.3) is 10.4 Å². The summed E-state index contributed by atoms with van der Waals surface area (Å²) in [5.74, 6) is 0. The summed E-state index contributed by atoms with van der Waals surface area (Å²) in [7, 11) is 0. The number of hydrogen-bond donors (Lipinski definition) is 1. The molecule has 3 aromatic rings. The minimum absolute atomic E-state index is 0.913. The van der Waals surface area contributed by atoms with Crippen molar-refractivity contribution in [2.45, 2.75) is 13.1 Å². The summed E-state index contributed by atoms with van der Waals surface area (Å²) in [5.41, 5.74) is 1.34. The lowest BCUT2D eigenvalue weighted by Gasteiger charge is -2.03. The molecular formula is C14H15N3S2. The van der Waals surface area contributed by atoms with Gasteiger partial charge in [-0.3, -0.25) is 4.68 Å². The Balaban J connectivity index is 1.48. The van der Waals surface area contributed by atoms with Crippen molar-refractivity contribution in [2.75, 3.05) is 6.54 Å². The first-order valence-corrected chi connectivity index (χ1v) is 7.97. The lowest BCUT2D eigenvalue weighted by atomic mass is 10.2. The molecule has 0 spiro atoms. The molecule has 0 unspecified atom stereocenters. The van der Waals surface area contributed by atoms with Gasteiger partial charge in [-0.2, -0.15) is 5.10 Å². The molecule has 0 aliphatic rings. The van der Waals surface area contributed by atoms with Crippen LogP contribution >= 0.6 is 22.7 Å². The molecule has 0 aromatic carbocycles. The van der Waals surface area contributed by atoms with Crippen LogP contribution < -0.4 is 5.32 Å². The highest BCUT2D eigenvalue weighted by Crippen LogP contribution is 2.29. The van der Waals surface area contributed by atoms with Gasteiger partial charge in [0.2, 0.25) is 0 Å². The molecule has 0 aliphatic carbocycles. The van der Waals surface area contributed by atoms with E-state index in [1.54, 1.807) is 11.3 Å². The van der Waals surface area contributed by atoms with Gasteiger partial charge in [-0.05, 0) is 29.0 Å². The molecule has 19 heavy (non-hydrogen) atoms. The van der Waals surface area contributed by atoms with Crippen LogP contribution in [-0.4, -0.2) is 16.3 Å². The number of rotatable bonds is 6. The van der Waals surface area contributed by atoms with Crippen molar-refractivity contribution in [1.82, 2.24) is 15.1 Å². The van der Waals surface area contributed by atoms with Crippen molar-refractivity contribution in [3.8, 4) is 10.4 Å². The molecule has 0 saturated carbocycles. The maximum Gasteiger partial charge on any atom is 0.0534 e. The predicted octanol–water partition coefficient (Wildman–Crippen LogP) is 3.46. The molecule has 0 amide bonds. The Morgan fingerprint density at radius 1 is 1.26 bits per heavy atom. The zero-order valence-electron chi connectivity index (χ0n) is 10.5. The number of hydrogen-bond acceptors (Lipinski definition) is 4. The SMILES string of the molecule is c1csc(-c2csc(CNCCn3cccn3)c2)c1. The second kappa shape index (κ2) is 6.14. The Labute approximate surface area is 120 Å². The van der Waals surface area contributed by atoms with Gasteiger partial charge in [0.05, 0.1) is 6.54 Å². The third-order valence-electron chi connectivity index (χ3n) is 2.84. The van der Waals surface area contributed by atoms with Gasteiger partial charge in [-0.1, -0.05) is 6.07 Å². The van der Waals surface area contributed by atoms with Gasteiger partial charge in [-0.15, -0.1) is 22.7 Å². The van der Waals surface area contributed by atoms with Crippen molar-refractivity contribution < 1.29 is 0 Å². The lowest BCUT2D eigenvalue weighted by Crippen LogP contribution is -2.19. The van der Waals surface area contributed by atoms with E-state index in [1.807, 2.05) is 34.5 Å². The lowest BCUT2D eigenvalue weighted by molar-refractivity contribution is 0.557. The molecule has 3 rings (SSSR count). The summed E-state index contributed by atoms with van der Waals surface area (Å²) in [4.78, 5) is 2.72. The molecule has 0 saturated heterocycles. The quantitative estimate of drug-likeness (QED) is 0.704. The van der Waals surface area contributed by atoms with Crippen molar-refractivity contribution >= 4 is 22.7 Å². The Kier molecular flexibility index (Phi) is 4.07. The second-order valence-corrected chi connectivity index (χ2v) is 6.17. The number of thiophene rings is 2. The first-order chi connectivity index (χ1) is 9.42. The van der Waals surface area contributed by atoms with E-state index in [0.717, 1.165) is 19.6 Å². The number of aromatic nitrogens is 2. The summed E-state index contributed by atoms with van der Waals surface area (Å²) in [6.45, 7) is 2.78. The van der Waals surface area contributed by atoms with E-state index < -0.39 is 0 Å². The molecule has 98 valence electrons. The average Bonchev–Trinajstić information content (AvgIpc) is 3.15. The van der Waals surface area contributed by atoms with E-state index in [-0.39, 0.29) is 0 Å². The molecule has 3 aromatic heterocycles. The third-order valence-corrected chi connectivity index (χ3v) is 4.69. The molecule has 5 heteroatoms. The monoisotopic (exact) mass is 289 g/mol. The molecule has 0 aliphatic heterocycles. The van der Waals surface area contributed by atoms with E-state index >= 15 is 0 Å². The van der Waals surface area contributed by atoms with Crippen molar-refractivity contribution in [2.24, 2.45) is 0 Å². The van der Waals surface area contributed by atoms with E-state index in [2.05, 4.69) is 39.4 Å². The van der Waals surface area contributed by atoms with E-state index in [0.29, 0.717) is 0 Å². The highest BCUT2D eigenvalue weighted by atomic mass is 32.1. The molecule has 0 radical (unpaired) electrons. The van der Waals surface area contributed by atoms with Crippen LogP contribution in [0.1, 0.15) is 4.88 Å². The van der Waals surface area contributed by atoms with Crippen LogP contribution in [0.5, 0.6) is 0 Å². The Hall–Kier alpha value is -1.43. The highest BCUT2D eigenvalue weighted by Gasteiger charge is 2.03. The molecule has 0 fully saturated rings. The van der Waals surface area contributed by atoms with Crippen LogP contribution in [0.15, 0.2) is 47.4 Å². The van der Waals surface area contributed by atoms with Crippen molar-refractivity contribution in [3.63, 3.8) is 0 Å². The maximum atomic E-state index is 4.18. The smallest absolute Gasteiger partial charge is 0.0534 e. The van der Waals surface area contributed by atoms with Gasteiger partial charge in [-0.25, -0.2) is 0 Å². The fraction of sp³-hybridized carbons (Fsp3) is 0.214. The van der Waals surface area contributed by atoms with E-state index in [9.17, 15) is 0 Å². The highest BCUT2D eigenvalue weighted by molar-refractivity contribution is 7.14. The van der Waals surface area contributed by atoms with Crippen LogP contribution in [0, 0.1) is 0 Å². The van der Waals surface area contributed by atoms with E-state index in [1.165, 1.54) is 15.3 Å². The second-order valence-electron chi connectivity index (χ2n) is 4.22. The molecule has 1 N–H and O–H groups in total. The zero-order valence-corrected chi connectivity index (χ0v) is 12.1. The normalized spacial score (nSPS) is 10.9. The van der Waals surface area contributed by atoms with Gasteiger partial charge < -0.3 is 5.32 Å². The first kappa shape index (κ1) is 12.6. The van der Waals surface area contributed by atoms with Crippen LogP contribution in [0.3, 0.4) is 0 Å². The minimum Gasteiger partial charge on any atom is -0.310 e. The molecular weight excluding hydrogens is 274 g/mol. The fourth-order valence-corrected chi connectivity index (χ4v) is 3.53. The van der Waals surface area contributed by atoms with Gasteiger partial charge in [0.1, 0.15) is 0 Å². The summed E-state index contributed by atoms with van der Waals surface area (Å²) in [6, 6.07) is 8.49. The first-order valence-electron chi connectivity index (χ1n) is 6.21. The summed E-state index contributed by atoms with van der Waals surface area (Å²) >= 11 is 3.61. The van der Waals surface area contributed by atoms with Crippen LogP contribution in [-0.2, 0) is 13.1 Å². The largest absolute Gasteiger partial charge is 0.310 e. The van der Waals surface area contributed by atoms with Gasteiger partial charge in [0.25, 0.3) is 0 Å².